The van der Waals surface area contributed by atoms with Crippen molar-refractivity contribution in [1.29, 1.82) is 0 Å². The number of rotatable bonds is 1. The van der Waals surface area contributed by atoms with E-state index in [1.807, 2.05) is 0 Å². The SMILES string of the molecule is C[Si](C)(C)C#CCB1CCCCCCO1. The van der Waals surface area contributed by atoms with Crippen LogP contribution in [0.4, 0.5) is 0 Å². The molecule has 0 aromatic rings. The monoisotopic (exact) mass is 222 g/mol. The largest absolute Gasteiger partial charge is 0.435 e. The lowest BCUT2D eigenvalue weighted by Gasteiger charge is -2.15. The molecule has 0 aromatic carbocycles. The Morgan fingerprint density at radius 3 is 2.60 bits per heavy atom. The fourth-order valence-electron chi connectivity index (χ4n) is 1.75. The third kappa shape index (κ3) is 6.81. The summed E-state index contributed by atoms with van der Waals surface area (Å²) in [6.45, 7) is 8.23. The molecule has 1 heterocycles. The fourth-order valence-corrected chi connectivity index (χ4v) is 2.38. The Labute approximate surface area is 96.1 Å². The molecule has 0 bridgehead atoms. The van der Waals surface area contributed by atoms with Crippen LogP contribution >= 0.6 is 0 Å². The highest BCUT2D eigenvalue weighted by atomic mass is 28.3. The first-order valence-corrected chi connectivity index (χ1v) is 9.69. The molecule has 84 valence electrons. The fraction of sp³-hybridized carbons (Fsp3) is 0.833. The zero-order valence-corrected chi connectivity index (χ0v) is 11.4. The summed E-state index contributed by atoms with van der Waals surface area (Å²) in [6, 6.07) is 0. The second kappa shape index (κ2) is 6.40. The summed E-state index contributed by atoms with van der Waals surface area (Å²) in [5.74, 6) is 3.33. The molecule has 0 N–H and O–H groups in total. The lowest BCUT2D eigenvalue weighted by Crippen LogP contribution is -2.21. The highest BCUT2D eigenvalue weighted by Crippen LogP contribution is 2.14. The van der Waals surface area contributed by atoms with Crippen LogP contribution in [0.15, 0.2) is 0 Å². The lowest BCUT2D eigenvalue weighted by atomic mass is 9.60. The van der Waals surface area contributed by atoms with Crippen molar-refractivity contribution in [3.63, 3.8) is 0 Å². The predicted molar refractivity (Wildman–Crippen MR) is 70.9 cm³/mol. The molecule has 0 aromatic heterocycles. The molecule has 15 heavy (non-hydrogen) atoms. The van der Waals surface area contributed by atoms with E-state index in [4.69, 9.17) is 4.65 Å². The average Bonchev–Trinajstić information content (AvgIpc) is 2.06. The van der Waals surface area contributed by atoms with Crippen molar-refractivity contribution in [2.75, 3.05) is 6.61 Å². The molecule has 0 radical (unpaired) electrons. The van der Waals surface area contributed by atoms with Crippen LogP contribution in [0.3, 0.4) is 0 Å². The highest BCUT2D eigenvalue weighted by molar-refractivity contribution is 6.83. The summed E-state index contributed by atoms with van der Waals surface area (Å²) in [6.07, 6.45) is 7.43. The van der Waals surface area contributed by atoms with E-state index in [1.54, 1.807) is 0 Å². The minimum atomic E-state index is -1.18. The van der Waals surface area contributed by atoms with Gasteiger partial charge in [0.15, 0.2) is 0 Å². The second-order valence-corrected chi connectivity index (χ2v) is 10.2. The predicted octanol–water partition coefficient (Wildman–Crippen LogP) is 3.45. The Kier molecular flexibility index (Phi) is 5.49. The topological polar surface area (TPSA) is 9.23 Å². The van der Waals surface area contributed by atoms with E-state index in [1.165, 1.54) is 32.0 Å². The van der Waals surface area contributed by atoms with Crippen LogP contribution in [0.1, 0.15) is 25.7 Å². The first-order valence-electron chi connectivity index (χ1n) is 6.19. The van der Waals surface area contributed by atoms with Crippen molar-refractivity contribution in [2.45, 2.75) is 58.0 Å². The van der Waals surface area contributed by atoms with Gasteiger partial charge in [-0.15, -0.1) is 11.5 Å². The van der Waals surface area contributed by atoms with Crippen LogP contribution in [0.25, 0.3) is 0 Å². The molecule has 1 saturated heterocycles. The molecule has 0 unspecified atom stereocenters. The second-order valence-electron chi connectivity index (χ2n) is 5.45. The van der Waals surface area contributed by atoms with E-state index in [0.717, 1.165) is 12.9 Å². The zero-order chi connectivity index (χ0) is 11.1. The van der Waals surface area contributed by atoms with Gasteiger partial charge in [0.2, 0.25) is 0 Å². The van der Waals surface area contributed by atoms with Gasteiger partial charge < -0.3 is 4.65 Å². The molecule has 0 spiro atoms. The van der Waals surface area contributed by atoms with Gasteiger partial charge in [-0.3, -0.25) is 0 Å². The molecule has 3 heteroatoms. The van der Waals surface area contributed by atoms with Gasteiger partial charge in [-0.05, 0) is 12.7 Å². The van der Waals surface area contributed by atoms with Gasteiger partial charge in [-0.1, -0.05) is 38.9 Å². The van der Waals surface area contributed by atoms with Crippen LogP contribution in [-0.2, 0) is 4.65 Å². The number of hydrogen-bond donors (Lipinski definition) is 0. The third-order valence-electron chi connectivity index (χ3n) is 2.57. The quantitative estimate of drug-likeness (QED) is 0.487. The van der Waals surface area contributed by atoms with Gasteiger partial charge in [0, 0.05) is 12.9 Å². The maximum Gasteiger partial charge on any atom is 0.305 e. The van der Waals surface area contributed by atoms with Gasteiger partial charge >= 0.3 is 6.92 Å². The molecule has 1 aliphatic rings. The van der Waals surface area contributed by atoms with Gasteiger partial charge in [0.05, 0.1) is 0 Å². The third-order valence-corrected chi connectivity index (χ3v) is 3.49. The summed E-state index contributed by atoms with van der Waals surface area (Å²) in [5, 5.41) is 0. The molecule has 0 saturated carbocycles. The maximum absolute atomic E-state index is 5.81. The van der Waals surface area contributed by atoms with E-state index in [-0.39, 0.29) is 0 Å². The standard InChI is InChI=1S/C12H23BOSi/c1-15(2,3)12-8-10-13-9-6-4-5-7-11-14-13/h4-7,9-11H2,1-3H3. The van der Waals surface area contributed by atoms with Crippen LogP contribution in [0.2, 0.25) is 32.3 Å². The summed E-state index contributed by atoms with van der Waals surface area (Å²) in [5.41, 5.74) is 3.41. The average molecular weight is 222 g/mol. The van der Waals surface area contributed by atoms with E-state index < -0.39 is 8.07 Å². The molecule has 0 aliphatic carbocycles. The van der Waals surface area contributed by atoms with Crippen molar-refractivity contribution < 1.29 is 4.65 Å². The van der Waals surface area contributed by atoms with Crippen LogP contribution in [0, 0.1) is 11.5 Å². The van der Waals surface area contributed by atoms with Crippen molar-refractivity contribution in [3.05, 3.63) is 0 Å². The zero-order valence-electron chi connectivity index (χ0n) is 10.4. The summed E-state index contributed by atoms with van der Waals surface area (Å²) in [4.78, 5) is 0. The van der Waals surface area contributed by atoms with Crippen molar-refractivity contribution in [2.24, 2.45) is 0 Å². The first-order chi connectivity index (χ1) is 7.08. The Morgan fingerprint density at radius 1 is 1.13 bits per heavy atom. The Hall–Kier alpha value is -0.198. The van der Waals surface area contributed by atoms with Crippen LogP contribution < -0.4 is 0 Å². The van der Waals surface area contributed by atoms with Crippen molar-refractivity contribution in [1.82, 2.24) is 0 Å². The van der Waals surface area contributed by atoms with Crippen LogP contribution in [0.5, 0.6) is 0 Å². The van der Waals surface area contributed by atoms with Gasteiger partial charge in [0.25, 0.3) is 0 Å². The molecule has 1 aliphatic heterocycles. The molecule has 0 amide bonds. The van der Waals surface area contributed by atoms with E-state index in [9.17, 15) is 0 Å². The molecule has 1 fully saturated rings. The Morgan fingerprint density at radius 2 is 1.87 bits per heavy atom. The van der Waals surface area contributed by atoms with E-state index in [2.05, 4.69) is 31.1 Å². The van der Waals surface area contributed by atoms with Gasteiger partial charge in [0.1, 0.15) is 8.07 Å². The number of hydrogen-bond acceptors (Lipinski definition) is 1. The maximum atomic E-state index is 5.81. The van der Waals surface area contributed by atoms with E-state index >= 15 is 0 Å². The summed E-state index contributed by atoms with van der Waals surface area (Å²) >= 11 is 0. The van der Waals surface area contributed by atoms with Crippen LogP contribution in [-0.4, -0.2) is 21.6 Å². The van der Waals surface area contributed by atoms with Gasteiger partial charge in [-0.2, -0.15) is 0 Å². The van der Waals surface area contributed by atoms with Crippen molar-refractivity contribution in [3.8, 4) is 11.5 Å². The van der Waals surface area contributed by atoms with E-state index in [0.29, 0.717) is 6.92 Å². The Bertz CT molecular complexity index is 228. The molecular formula is C12H23BOSi. The molecule has 0 atom stereocenters. The first kappa shape index (κ1) is 12.9. The smallest absolute Gasteiger partial charge is 0.305 e. The minimum absolute atomic E-state index is 0.411. The minimum Gasteiger partial charge on any atom is -0.435 e. The van der Waals surface area contributed by atoms with Crippen molar-refractivity contribution >= 4 is 15.0 Å². The summed E-state index contributed by atoms with van der Waals surface area (Å²) in [7, 11) is -1.18. The lowest BCUT2D eigenvalue weighted by molar-refractivity contribution is 0.297. The molecule has 1 nitrogen and oxygen atoms in total. The van der Waals surface area contributed by atoms with Gasteiger partial charge in [-0.25, -0.2) is 0 Å². The molecular weight excluding hydrogens is 199 g/mol. The highest BCUT2D eigenvalue weighted by Gasteiger charge is 2.16. The Balaban J connectivity index is 2.31. The normalized spacial score (nSPS) is 18.7. The summed E-state index contributed by atoms with van der Waals surface area (Å²) < 4.78 is 5.81. The molecule has 1 rings (SSSR count).